The Bertz CT molecular complexity index is 805. The van der Waals surface area contributed by atoms with E-state index in [2.05, 4.69) is 9.46 Å². The van der Waals surface area contributed by atoms with Gasteiger partial charge < -0.3 is 9.47 Å². The number of hydrogen-bond donors (Lipinski definition) is 1. The molecule has 0 fully saturated rings. The zero-order chi connectivity index (χ0) is 18.5. The van der Waals surface area contributed by atoms with Crippen LogP contribution < -0.4 is 14.2 Å². The van der Waals surface area contributed by atoms with E-state index >= 15 is 0 Å². The molecule has 0 bridgehead atoms. The summed E-state index contributed by atoms with van der Waals surface area (Å²) in [5.41, 5.74) is -0.0827. The number of benzene rings is 2. The third kappa shape index (κ3) is 5.56. The number of para-hydroxylation sites is 2. The number of hydrogen-bond acceptors (Lipinski definition) is 4. The van der Waals surface area contributed by atoms with Gasteiger partial charge in [-0.15, -0.1) is 0 Å². The van der Waals surface area contributed by atoms with Crippen molar-refractivity contribution in [1.29, 1.82) is 0 Å². The highest BCUT2D eigenvalue weighted by Gasteiger charge is 2.29. The van der Waals surface area contributed by atoms with Crippen LogP contribution in [0.5, 0.6) is 11.5 Å². The van der Waals surface area contributed by atoms with Crippen LogP contribution in [0.25, 0.3) is 0 Å². The number of halogens is 3. The van der Waals surface area contributed by atoms with E-state index in [0.717, 1.165) is 0 Å². The molecule has 5 nitrogen and oxygen atoms in total. The predicted molar refractivity (Wildman–Crippen MR) is 86.4 cm³/mol. The lowest BCUT2D eigenvalue weighted by Crippen LogP contribution is -2.20. The number of sulfonamides is 1. The van der Waals surface area contributed by atoms with Crippen molar-refractivity contribution in [2.45, 2.75) is 18.0 Å². The topological polar surface area (TPSA) is 64.6 Å². The molecule has 0 amide bonds. The number of alkyl halides is 3. The van der Waals surface area contributed by atoms with Crippen LogP contribution in [-0.2, 0) is 10.0 Å². The van der Waals surface area contributed by atoms with E-state index in [1.807, 2.05) is 0 Å². The predicted octanol–water partition coefficient (Wildman–Crippen LogP) is 3.83. The summed E-state index contributed by atoms with van der Waals surface area (Å²) in [5, 5.41) is 0. The molecule has 0 spiro atoms. The summed E-state index contributed by atoms with van der Waals surface area (Å²) in [6.45, 7) is 0.715. The van der Waals surface area contributed by atoms with Crippen molar-refractivity contribution in [2.24, 2.45) is 0 Å². The average molecular weight is 375 g/mol. The maximum absolute atomic E-state index is 12.4. The van der Waals surface area contributed by atoms with Crippen molar-refractivity contribution in [3.63, 3.8) is 0 Å². The highest BCUT2D eigenvalue weighted by atomic mass is 32.2. The standard InChI is InChI=1S/C16H16F3NO4S/c1-2-23-12-7-9-13(10-8-12)25(21,22)20-14-5-3-4-6-15(14)24-11-16(17,18)19/h3-10,20H,2,11H2,1H3. The average Bonchev–Trinajstić information content (AvgIpc) is 2.54. The van der Waals surface area contributed by atoms with Gasteiger partial charge in [-0.05, 0) is 43.3 Å². The largest absolute Gasteiger partial charge is 0.494 e. The maximum atomic E-state index is 12.4. The highest BCUT2D eigenvalue weighted by molar-refractivity contribution is 7.92. The zero-order valence-electron chi connectivity index (χ0n) is 13.2. The Labute approximate surface area is 143 Å². The summed E-state index contributed by atoms with van der Waals surface area (Å²) in [5.74, 6) is 0.296. The number of nitrogens with one attached hydrogen (secondary N) is 1. The van der Waals surface area contributed by atoms with Gasteiger partial charge in [0.15, 0.2) is 6.61 Å². The van der Waals surface area contributed by atoms with Crippen molar-refractivity contribution in [2.75, 3.05) is 17.9 Å². The monoisotopic (exact) mass is 375 g/mol. The molecular weight excluding hydrogens is 359 g/mol. The molecule has 0 atom stereocenters. The number of rotatable bonds is 7. The van der Waals surface area contributed by atoms with Gasteiger partial charge in [-0.1, -0.05) is 12.1 Å². The fourth-order valence-corrected chi connectivity index (χ4v) is 2.99. The molecule has 136 valence electrons. The summed E-state index contributed by atoms with van der Waals surface area (Å²) in [4.78, 5) is -0.0541. The van der Waals surface area contributed by atoms with Crippen LogP contribution in [0, 0.1) is 0 Å². The second-order valence-electron chi connectivity index (χ2n) is 4.91. The fourth-order valence-electron chi connectivity index (χ4n) is 1.92. The minimum Gasteiger partial charge on any atom is -0.494 e. The van der Waals surface area contributed by atoms with Gasteiger partial charge in [0.1, 0.15) is 11.5 Å². The fraction of sp³-hybridized carbons (Fsp3) is 0.250. The van der Waals surface area contributed by atoms with E-state index in [1.54, 1.807) is 6.92 Å². The lowest BCUT2D eigenvalue weighted by Gasteiger charge is -2.14. The molecule has 0 aliphatic rings. The molecular formula is C16H16F3NO4S. The van der Waals surface area contributed by atoms with Crippen LogP contribution in [0.2, 0.25) is 0 Å². The van der Waals surface area contributed by atoms with E-state index in [4.69, 9.17) is 4.74 Å². The smallest absolute Gasteiger partial charge is 0.422 e. The van der Waals surface area contributed by atoms with Crippen LogP contribution in [0.1, 0.15) is 6.92 Å². The third-order valence-corrected chi connectivity index (χ3v) is 4.35. The van der Waals surface area contributed by atoms with E-state index in [0.29, 0.717) is 12.4 Å². The molecule has 0 radical (unpaired) electrons. The van der Waals surface area contributed by atoms with Crippen molar-refractivity contribution in [3.8, 4) is 11.5 Å². The van der Waals surface area contributed by atoms with Crippen molar-refractivity contribution in [3.05, 3.63) is 48.5 Å². The first-order valence-corrected chi connectivity index (χ1v) is 8.74. The Morgan fingerprint density at radius 2 is 1.64 bits per heavy atom. The molecule has 2 rings (SSSR count). The molecule has 0 saturated carbocycles. The normalized spacial score (nSPS) is 11.8. The molecule has 0 saturated heterocycles. The first kappa shape index (κ1) is 18.9. The third-order valence-electron chi connectivity index (χ3n) is 2.97. The Morgan fingerprint density at radius 1 is 1.00 bits per heavy atom. The second kappa shape index (κ2) is 7.64. The molecule has 1 N–H and O–H groups in total. The van der Waals surface area contributed by atoms with Gasteiger partial charge in [0.25, 0.3) is 10.0 Å². The number of ether oxygens (including phenoxy) is 2. The molecule has 0 heterocycles. The molecule has 0 aliphatic heterocycles. The van der Waals surface area contributed by atoms with Crippen LogP contribution in [0.4, 0.5) is 18.9 Å². The SMILES string of the molecule is CCOc1ccc(S(=O)(=O)Nc2ccccc2OCC(F)(F)F)cc1. The minimum absolute atomic E-state index is 0.0541. The summed E-state index contributed by atoms with van der Waals surface area (Å²) in [7, 11) is -3.99. The van der Waals surface area contributed by atoms with E-state index < -0.39 is 22.8 Å². The molecule has 0 aromatic heterocycles. The lowest BCUT2D eigenvalue weighted by atomic mass is 10.3. The Kier molecular flexibility index (Phi) is 5.78. The van der Waals surface area contributed by atoms with Crippen molar-refractivity contribution >= 4 is 15.7 Å². The van der Waals surface area contributed by atoms with E-state index in [1.165, 1.54) is 48.5 Å². The van der Waals surface area contributed by atoms with Crippen molar-refractivity contribution < 1.29 is 31.1 Å². The van der Waals surface area contributed by atoms with Gasteiger partial charge in [0.2, 0.25) is 0 Å². The van der Waals surface area contributed by atoms with Gasteiger partial charge in [-0.2, -0.15) is 13.2 Å². The van der Waals surface area contributed by atoms with Crippen LogP contribution in [0.3, 0.4) is 0 Å². The Morgan fingerprint density at radius 3 is 2.24 bits per heavy atom. The first-order chi connectivity index (χ1) is 11.7. The summed E-state index contributed by atoms with van der Waals surface area (Å²) in [6, 6.07) is 11.2. The highest BCUT2D eigenvalue weighted by Crippen LogP contribution is 2.28. The van der Waals surface area contributed by atoms with Gasteiger partial charge in [-0.25, -0.2) is 8.42 Å². The maximum Gasteiger partial charge on any atom is 0.422 e. The van der Waals surface area contributed by atoms with Gasteiger partial charge in [0.05, 0.1) is 17.2 Å². The Hall–Kier alpha value is -2.42. The summed E-state index contributed by atoms with van der Waals surface area (Å²) in [6.07, 6.45) is -4.53. The van der Waals surface area contributed by atoms with Crippen LogP contribution in [0.15, 0.2) is 53.4 Å². The van der Waals surface area contributed by atoms with Gasteiger partial charge in [-0.3, -0.25) is 4.72 Å². The van der Waals surface area contributed by atoms with Crippen LogP contribution >= 0.6 is 0 Å². The molecule has 25 heavy (non-hydrogen) atoms. The minimum atomic E-state index is -4.53. The zero-order valence-corrected chi connectivity index (χ0v) is 14.0. The summed E-state index contributed by atoms with van der Waals surface area (Å²) < 4.78 is 73.8. The first-order valence-electron chi connectivity index (χ1n) is 7.25. The molecule has 2 aromatic rings. The van der Waals surface area contributed by atoms with E-state index in [-0.39, 0.29) is 16.3 Å². The molecule has 0 aliphatic carbocycles. The second-order valence-corrected chi connectivity index (χ2v) is 6.59. The molecule has 9 heteroatoms. The van der Waals surface area contributed by atoms with Gasteiger partial charge in [0, 0.05) is 0 Å². The van der Waals surface area contributed by atoms with Crippen LogP contribution in [-0.4, -0.2) is 27.8 Å². The quantitative estimate of drug-likeness (QED) is 0.799. The molecule has 2 aromatic carbocycles. The lowest BCUT2D eigenvalue weighted by molar-refractivity contribution is -0.153. The van der Waals surface area contributed by atoms with E-state index in [9.17, 15) is 21.6 Å². The van der Waals surface area contributed by atoms with Crippen molar-refractivity contribution in [1.82, 2.24) is 0 Å². The molecule has 0 unspecified atom stereocenters. The Balaban J connectivity index is 2.20. The summed E-state index contributed by atoms with van der Waals surface area (Å²) >= 11 is 0. The number of anilines is 1. The van der Waals surface area contributed by atoms with Gasteiger partial charge >= 0.3 is 6.18 Å².